The molecule has 1 aliphatic rings. The van der Waals surface area contributed by atoms with Crippen LogP contribution in [0.15, 0.2) is 41.1 Å². The number of ether oxygens (including phenoxy) is 1. The van der Waals surface area contributed by atoms with Crippen LogP contribution in [-0.2, 0) is 19.4 Å². The van der Waals surface area contributed by atoms with Crippen molar-refractivity contribution in [1.29, 1.82) is 0 Å². The summed E-state index contributed by atoms with van der Waals surface area (Å²) in [6, 6.07) is 8.52. The zero-order chi connectivity index (χ0) is 13.1. The van der Waals surface area contributed by atoms with E-state index in [2.05, 4.69) is 39.1 Å². The summed E-state index contributed by atoms with van der Waals surface area (Å²) < 4.78 is 6.84. The number of aromatic nitrogens is 1. The summed E-state index contributed by atoms with van der Waals surface area (Å²) in [7, 11) is 0. The van der Waals surface area contributed by atoms with Gasteiger partial charge in [0.25, 0.3) is 0 Å². The first-order valence-corrected chi connectivity index (χ1v) is 7.44. The van der Waals surface area contributed by atoms with Crippen LogP contribution >= 0.6 is 15.9 Å². The van der Waals surface area contributed by atoms with Crippen LogP contribution in [0.4, 0.5) is 0 Å². The molecule has 19 heavy (non-hydrogen) atoms. The molecule has 0 unspecified atom stereocenters. The number of halogens is 1. The third-order valence-corrected chi connectivity index (χ3v) is 3.92. The number of pyridine rings is 1. The van der Waals surface area contributed by atoms with Gasteiger partial charge in [-0.1, -0.05) is 6.07 Å². The zero-order valence-corrected chi connectivity index (χ0v) is 12.3. The Labute approximate surface area is 122 Å². The van der Waals surface area contributed by atoms with Crippen LogP contribution in [0, 0.1) is 0 Å². The molecule has 0 atom stereocenters. The molecule has 0 radical (unpaired) electrons. The summed E-state index contributed by atoms with van der Waals surface area (Å²) in [6.45, 7) is 0.561. The van der Waals surface area contributed by atoms with E-state index in [-0.39, 0.29) is 0 Å². The Morgan fingerprint density at radius 1 is 1.05 bits per heavy atom. The van der Waals surface area contributed by atoms with E-state index in [1.54, 1.807) is 6.20 Å². The third kappa shape index (κ3) is 3.16. The highest BCUT2D eigenvalue weighted by atomic mass is 79.9. The smallest absolute Gasteiger partial charge is 0.120 e. The molecule has 2 nitrogen and oxygen atoms in total. The van der Waals surface area contributed by atoms with E-state index in [0.717, 1.165) is 15.8 Å². The van der Waals surface area contributed by atoms with E-state index in [0.29, 0.717) is 6.61 Å². The molecule has 0 N–H and O–H groups in total. The summed E-state index contributed by atoms with van der Waals surface area (Å²) in [5.74, 6) is 0.959. The van der Waals surface area contributed by atoms with Crippen LogP contribution in [0.25, 0.3) is 0 Å². The predicted molar refractivity (Wildman–Crippen MR) is 79.4 cm³/mol. The Hall–Kier alpha value is -1.35. The van der Waals surface area contributed by atoms with E-state index in [9.17, 15) is 0 Å². The number of hydrogen-bond acceptors (Lipinski definition) is 2. The van der Waals surface area contributed by atoms with Crippen molar-refractivity contribution in [2.24, 2.45) is 0 Å². The Morgan fingerprint density at radius 2 is 1.89 bits per heavy atom. The summed E-state index contributed by atoms with van der Waals surface area (Å²) >= 11 is 3.42. The van der Waals surface area contributed by atoms with E-state index in [1.165, 1.54) is 36.8 Å². The van der Waals surface area contributed by atoms with E-state index in [1.807, 2.05) is 12.3 Å². The van der Waals surface area contributed by atoms with Gasteiger partial charge in [-0.3, -0.25) is 4.98 Å². The van der Waals surface area contributed by atoms with Crippen molar-refractivity contribution in [3.63, 3.8) is 0 Å². The SMILES string of the molecule is Brc1cncc(COc2ccc3c(c2)CCCC3)c1. The maximum Gasteiger partial charge on any atom is 0.120 e. The molecule has 0 aliphatic heterocycles. The second-order valence-corrected chi connectivity index (χ2v) is 5.85. The number of fused-ring (bicyclic) bond motifs is 1. The molecule has 3 rings (SSSR count). The topological polar surface area (TPSA) is 22.1 Å². The van der Waals surface area contributed by atoms with E-state index in [4.69, 9.17) is 4.74 Å². The van der Waals surface area contributed by atoms with Crippen LogP contribution < -0.4 is 4.74 Å². The number of nitrogens with zero attached hydrogens (tertiary/aromatic N) is 1. The Kier molecular flexibility index (Phi) is 3.83. The molecule has 0 spiro atoms. The summed E-state index contributed by atoms with van der Waals surface area (Å²) in [5, 5.41) is 0. The number of aryl methyl sites for hydroxylation is 2. The lowest BCUT2D eigenvalue weighted by molar-refractivity contribution is 0.305. The Morgan fingerprint density at radius 3 is 2.74 bits per heavy atom. The van der Waals surface area contributed by atoms with Gasteiger partial charge < -0.3 is 4.74 Å². The fourth-order valence-electron chi connectivity index (χ4n) is 2.50. The first kappa shape index (κ1) is 12.7. The lowest BCUT2D eigenvalue weighted by Gasteiger charge is -2.16. The van der Waals surface area contributed by atoms with Crippen LogP contribution in [-0.4, -0.2) is 4.98 Å². The normalized spacial score (nSPS) is 13.9. The maximum absolute atomic E-state index is 5.85. The standard InChI is InChI=1S/C16H16BrNO/c17-15-7-12(9-18-10-15)11-19-16-6-5-13-3-1-2-4-14(13)8-16/h5-10H,1-4,11H2. The van der Waals surface area contributed by atoms with Crippen LogP contribution in [0.5, 0.6) is 5.75 Å². The molecule has 0 saturated heterocycles. The molecular formula is C16H16BrNO. The predicted octanol–water partition coefficient (Wildman–Crippen LogP) is 4.30. The van der Waals surface area contributed by atoms with Gasteiger partial charge in [-0.05, 0) is 70.9 Å². The summed E-state index contributed by atoms with van der Waals surface area (Å²) in [5.41, 5.74) is 4.02. The number of benzene rings is 1. The molecule has 0 bridgehead atoms. The molecule has 1 aliphatic carbocycles. The number of hydrogen-bond donors (Lipinski definition) is 0. The van der Waals surface area contributed by atoms with Crippen molar-refractivity contribution >= 4 is 15.9 Å². The van der Waals surface area contributed by atoms with Gasteiger partial charge >= 0.3 is 0 Å². The van der Waals surface area contributed by atoms with Gasteiger partial charge in [-0.25, -0.2) is 0 Å². The lowest BCUT2D eigenvalue weighted by Crippen LogP contribution is -2.03. The maximum atomic E-state index is 5.85. The highest BCUT2D eigenvalue weighted by molar-refractivity contribution is 9.10. The minimum absolute atomic E-state index is 0.561. The molecule has 1 heterocycles. The van der Waals surface area contributed by atoms with Crippen molar-refractivity contribution in [3.05, 3.63) is 57.8 Å². The summed E-state index contributed by atoms with van der Waals surface area (Å²) in [4.78, 5) is 4.14. The van der Waals surface area contributed by atoms with Crippen LogP contribution in [0.1, 0.15) is 29.5 Å². The highest BCUT2D eigenvalue weighted by Gasteiger charge is 2.09. The molecule has 0 amide bonds. The summed E-state index contributed by atoms with van der Waals surface area (Å²) in [6.07, 6.45) is 8.63. The Balaban J connectivity index is 1.70. The van der Waals surface area contributed by atoms with Gasteiger partial charge in [0.15, 0.2) is 0 Å². The average molecular weight is 318 g/mol. The fraction of sp³-hybridized carbons (Fsp3) is 0.312. The molecule has 1 aromatic carbocycles. The van der Waals surface area contributed by atoms with E-state index >= 15 is 0 Å². The first-order chi connectivity index (χ1) is 9.31. The minimum Gasteiger partial charge on any atom is -0.489 e. The quantitative estimate of drug-likeness (QED) is 0.842. The average Bonchev–Trinajstić information content (AvgIpc) is 2.45. The van der Waals surface area contributed by atoms with Gasteiger partial charge in [0, 0.05) is 22.4 Å². The van der Waals surface area contributed by atoms with Crippen molar-refractivity contribution < 1.29 is 4.74 Å². The minimum atomic E-state index is 0.561. The first-order valence-electron chi connectivity index (χ1n) is 6.65. The van der Waals surface area contributed by atoms with Crippen molar-refractivity contribution in [2.45, 2.75) is 32.3 Å². The Bertz CT molecular complexity index is 583. The highest BCUT2D eigenvalue weighted by Crippen LogP contribution is 2.25. The van der Waals surface area contributed by atoms with Crippen molar-refractivity contribution in [1.82, 2.24) is 4.98 Å². The largest absolute Gasteiger partial charge is 0.489 e. The van der Waals surface area contributed by atoms with E-state index < -0.39 is 0 Å². The van der Waals surface area contributed by atoms with Crippen molar-refractivity contribution in [3.8, 4) is 5.75 Å². The lowest BCUT2D eigenvalue weighted by atomic mass is 9.92. The van der Waals surface area contributed by atoms with Gasteiger partial charge in [-0.2, -0.15) is 0 Å². The molecule has 2 aromatic rings. The zero-order valence-electron chi connectivity index (χ0n) is 10.7. The van der Waals surface area contributed by atoms with Crippen molar-refractivity contribution in [2.75, 3.05) is 0 Å². The van der Waals surface area contributed by atoms with Gasteiger partial charge in [0.05, 0.1) is 0 Å². The second-order valence-electron chi connectivity index (χ2n) is 4.94. The molecule has 3 heteroatoms. The monoisotopic (exact) mass is 317 g/mol. The number of rotatable bonds is 3. The van der Waals surface area contributed by atoms with Gasteiger partial charge in [0.2, 0.25) is 0 Å². The van der Waals surface area contributed by atoms with Crippen LogP contribution in [0.3, 0.4) is 0 Å². The molecular weight excluding hydrogens is 302 g/mol. The fourth-order valence-corrected chi connectivity index (χ4v) is 2.91. The van der Waals surface area contributed by atoms with Crippen LogP contribution in [0.2, 0.25) is 0 Å². The molecule has 1 aromatic heterocycles. The second kappa shape index (κ2) is 5.74. The molecule has 0 saturated carbocycles. The third-order valence-electron chi connectivity index (χ3n) is 3.49. The van der Waals surface area contributed by atoms with Gasteiger partial charge in [-0.15, -0.1) is 0 Å². The van der Waals surface area contributed by atoms with Gasteiger partial charge in [0.1, 0.15) is 12.4 Å². The molecule has 0 fully saturated rings. The molecule has 98 valence electrons.